The van der Waals surface area contributed by atoms with Crippen molar-refractivity contribution in [1.29, 1.82) is 0 Å². The van der Waals surface area contributed by atoms with E-state index in [4.69, 9.17) is 24.9 Å². The van der Waals surface area contributed by atoms with E-state index >= 15 is 0 Å². The van der Waals surface area contributed by atoms with Crippen molar-refractivity contribution in [2.24, 2.45) is 10.1 Å². The minimum Gasteiger partial charge on any atom is -0.481 e. The summed E-state index contributed by atoms with van der Waals surface area (Å²) in [6.45, 7) is 2.17. The maximum atomic E-state index is 11.1. The normalized spacial score (nSPS) is 9.74. The van der Waals surface area contributed by atoms with E-state index in [1.165, 1.54) is 12.1 Å². The van der Waals surface area contributed by atoms with E-state index in [1.807, 2.05) is 30.3 Å². The van der Waals surface area contributed by atoms with E-state index in [-0.39, 0.29) is 25.3 Å². The quantitative estimate of drug-likeness (QED) is 0.448. The minimum absolute atomic E-state index is 0. The Morgan fingerprint density at radius 1 is 0.926 bits per heavy atom. The molecule has 0 amide bonds. The fourth-order valence-electron chi connectivity index (χ4n) is 1.41. The van der Waals surface area contributed by atoms with Crippen LogP contribution in [0.2, 0.25) is 0 Å². The van der Waals surface area contributed by atoms with Crippen molar-refractivity contribution in [2.75, 3.05) is 0 Å². The molecule has 150 valence electrons. The van der Waals surface area contributed by atoms with Gasteiger partial charge in [-0.05, 0) is 29.8 Å². The number of rotatable bonds is 3. The van der Waals surface area contributed by atoms with Crippen LogP contribution in [0.3, 0.4) is 0 Å². The molecule has 0 saturated carbocycles. The Kier molecular flexibility index (Phi) is 13.7. The van der Waals surface area contributed by atoms with Crippen LogP contribution in [-0.2, 0) is 40.0 Å². The molecule has 0 atom stereocenters. The molecule has 2 rings (SSSR count). The summed E-state index contributed by atoms with van der Waals surface area (Å²) in [6, 6.07) is 15.7. The minimum atomic E-state index is -3.64. The van der Waals surface area contributed by atoms with Crippen LogP contribution in [0.1, 0.15) is 19.4 Å². The molecule has 0 fully saturated rings. The second kappa shape index (κ2) is 13.8. The Labute approximate surface area is 171 Å². The summed E-state index contributed by atoms with van der Waals surface area (Å²) >= 11 is 0. The number of primary sulfonamides is 1. The third kappa shape index (κ3) is 15.6. The zero-order valence-electron chi connectivity index (χ0n) is 14.5. The average Bonchev–Trinajstić information content (AvgIpc) is 2.52. The molecule has 0 saturated heterocycles. The van der Waals surface area contributed by atoms with Crippen molar-refractivity contribution < 1.29 is 48.6 Å². The topological polar surface area (TPSA) is 147 Å². The predicted molar refractivity (Wildman–Crippen MR) is 98.1 cm³/mol. The first-order valence-electron chi connectivity index (χ1n) is 7.13. The van der Waals surface area contributed by atoms with E-state index in [0.29, 0.717) is 5.69 Å². The monoisotopic (exact) mass is 486 g/mol. The molecular formula is C17H20N2O6PdS. The van der Waals surface area contributed by atoms with Gasteiger partial charge in [-0.2, -0.15) is 0 Å². The number of hydrogen-bond acceptors (Lipinski definition) is 5. The van der Waals surface area contributed by atoms with Gasteiger partial charge in [-0.25, -0.2) is 13.6 Å². The maximum absolute atomic E-state index is 11.1. The van der Waals surface area contributed by atoms with E-state index in [0.717, 1.165) is 19.4 Å². The van der Waals surface area contributed by atoms with E-state index in [9.17, 15) is 8.42 Å². The molecule has 27 heavy (non-hydrogen) atoms. The Balaban J connectivity index is 0. The van der Waals surface area contributed by atoms with Crippen molar-refractivity contribution in [3.8, 4) is 0 Å². The summed E-state index contributed by atoms with van der Waals surface area (Å²) in [7, 11) is -3.64. The van der Waals surface area contributed by atoms with Gasteiger partial charge in [0.25, 0.3) is 11.9 Å². The zero-order valence-corrected chi connectivity index (χ0v) is 16.9. The van der Waals surface area contributed by atoms with Crippen LogP contribution in [0.25, 0.3) is 0 Å². The summed E-state index contributed by atoms with van der Waals surface area (Å²) in [6.07, 6.45) is 1.71. The van der Waals surface area contributed by atoms with Crippen LogP contribution in [0.5, 0.6) is 0 Å². The Morgan fingerprint density at radius 3 is 1.70 bits per heavy atom. The number of carboxylic acid groups (broad SMARTS) is 2. The summed E-state index contributed by atoms with van der Waals surface area (Å²) in [5, 5.41) is 19.8. The second-order valence-electron chi connectivity index (χ2n) is 4.75. The smallest absolute Gasteiger partial charge is 0.300 e. The summed E-state index contributed by atoms with van der Waals surface area (Å²) in [5.41, 5.74) is 1.65. The summed E-state index contributed by atoms with van der Waals surface area (Å²) in [4.78, 5) is 22.3. The maximum Gasteiger partial charge on any atom is 0.300 e. The molecule has 0 heterocycles. The van der Waals surface area contributed by atoms with E-state index in [2.05, 4.69) is 4.99 Å². The standard InChI is InChI=1S/C13H12N2O2S.2C2H4O2.Pd/c14-18(16,17)13-8-6-12(7-9-13)15-10-11-4-2-1-3-5-11;2*1-2(3)4;/h1-10H,(H2,14,16,17);2*1H3,(H,3,4);. The van der Waals surface area contributed by atoms with Crippen molar-refractivity contribution in [3.05, 3.63) is 60.2 Å². The number of sulfonamides is 1. The van der Waals surface area contributed by atoms with Crippen LogP contribution in [0, 0.1) is 0 Å². The number of benzene rings is 2. The number of nitrogens with zero attached hydrogens (tertiary/aromatic N) is 1. The average molecular weight is 487 g/mol. The van der Waals surface area contributed by atoms with Crippen LogP contribution < -0.4 is 5.14 Å². The molecule has 0 bridgehead atoms. The van der Waals surface area contributed by atoms with Gasteiger partial charge in [0.2, 0.25) is 10.0 Å². The molecule has 0 radical (unpaired) electrons. The Bertz CT molecular complexity index is 817. The number of carboxylic acids is 2. The summed E-state index contributed by atoms with van der Waals surface area (Å²) < 4.78 is 22.1. The predicted octanol–water partition coefficient (Wildman–Crippen LogP) is 2.26. The van der Waals surface area contributed by atoms with Gasteiger partial charge >= 0.3 is 0 Å². The number of aliphatic imine (C=N–C) groups is 1. The van der Waals surface area contributed by atoms with E-state index in [1.54, 1.807) is 18.3 Å². The fraction of sp³-hybridized carbons (Fsp3) is 0.118. The SMILES string of the molecule is CC(=O)O.CC(=O)O.NS(=O)(=O)c1ccc(N=Cc2ccccc2)cc1.[Pd]. The first-order chi connectivity index (χ1) is 12.0. The molecule has 0 aliphatic heterocycles. The van der Waals surface area contributed by atoms with Gasteiger partial charge in [0, 0.05) is 40.5 Å². The largest absolute Gasteiger partial charge is 0.481 e. The van der Waals surface area contributed by atoms with Gasteiger partial charge in [-0.15, -0.1) is 0 Å². The molecule has 4 N–H and O–H groups in total. The van der Waals surface area contributed by atoms with Crippen LogP contribution in [0.4, 0.5) is 5.69 Å². The van der Waals surface area contributed by atoms with Crippen molar-refractivity contribution in [1.82, 2.24) is 0 Å². The van der Waals surface area contributed by atoms with Gasteiger partial charge in [0.05, 0.1) is 10.6 Å². The second-order valence-corrected chi connectivity index (χ2v) is 6.31. The van der Waals surface area contributed by atoms with Crippen LogP contribution in [0.15, 0.2) is 64.5 Å². The number of carbonyl (C=O) groups is 2. The van der Waals surface area contributed by atoms with Gasteiger partial charge in [-0.3, -0.25) is 14.6 Å². The molecule has 0 spiro atoms. The Hall–Kier alpha value is -2.38. The molecule has 2 aromatic carbocycles. The molecular weight excluding hydrogens is 467 g/mol. The zero-order chi connectivity index (χ0) is 20.2. The fourth-order valence-corrected chi connectivity index (χ4v) is 1.93. The third-order valence-corrected chi connectivity index (χ3v) is 3.26. The van der Waals surface area contributed by atoms with E-state index < -0.39 is 22.0 Å². The number of hydrogen-bond donors (Lipinski definition) is 3. The van der Waals surface area contributed by atoms with Crippen molar-refractivity contribution in [3.63, 3.8) is 0 Å². The summed E-state index contributed by atoms with van der Waals surface area (Å²) in [5.74, 6) is -1.67. The number of aliphatic carboxylic acids is 2. The molecule has 0 aliphatic carbocycles. The van der Waals surface area contributed by atoms with Gasteiger partial charge in [0.1, 0.15) is 0 Å². The third-order valence-electron chi connectivity index (χ3n) is 2.33. The number of nitrogens with two attached hydrogens (primary N) is 1. The molecule has 8 nitrogen and oxygen atoms in total. The van der Waals surface area contributed by atoms with Gasteiger partial charge in [0.15, 0.2) is 0 Å². The van der Waals surface area contributed by atoms with Gasteiger partial charge in [-0.1, -0.05) is 30.3 Å². The first-order valence-corrected chi connectivity index (χ1v) is 8.68. The molecule has 10 heteroatoms. The first kappa shape index (κ1) is 26.8. The van der Waals surface area contributed by atoms with Gasteiger partial charge < -0.3 is 10.2 Å². The molecule has 0 unspecified atom stereocenters. The Morgan fingerprint density at radius 2 is 1.33 bits per heavy atom. The molecule has 0 aliphatic rings. The van der Waals surface area contributed by atoms with Crippen LogP contribution in [-0.4, -0.2) is 36.8 Å². The van der Waals surface area contributed by atoms with Crippen LogP contribution >= 0.6 is 0 Å². The van der Waals surface area contributed by atoms with Crippen molar-refractivity contribution in [2.45, 2.75) is 18.7 Å². The molecule has 2 aromatic rings. The molecule has 0 aromatic heterocycles. The van der Waals surface area contributed by atoms with Crippen molar-refractivity contribution >= 4 is 33.9 Å².